The summed E-state index contributed by atoms with van der Waals surface area (Å²) < 4.78 is 0. The summed E-state index contributed by atoms with van der Waals surface area (Å²) in [6.45, 7) is 6.24. The monoisotopic (exact) mass is 178 g/mol. The molecule has 1 aromatic heterocycles. The number of nitrogens with zero attached hydrogens (tertiary/aromatic N) is 1. The summed E-state index contributed by atoms with van der Waals surface area (Å²) in [7, 11) is 0. The molecule has 0 aromatic carbocycles. The van der Waals surface area contributed by atoms with Crippen LogP contribution in [0.3, 0.4) is 0 Å². The Bertz CT molecular complexity index is 281. The van der Waals surface area contributed by atoms with Crippen molar-refractivity contribution >= 4 is 5.82 Å². The van der Waals surface area contributed by atoms with Gasteiger partial charge in [-0.3, -0.25) is 0 Å². The average molecular weight is 178 g/mol. The Labute approximate surface area is 80.2 Å². The predicted octanol–water partition coefficient (Wildman–Crippen LogP) is 2.74. The zero-order chi connectivity index (χ0) is 9.84. The SMILES string of the molecule is CC.CC1CCc2c1ccnc2N. The molecule has 72 valence electrons. The molecule has 13 heavy (non-hydrogen) atoms. The van der Waals surface area contributed by atoms with Crippen molar-refractivity contribution in [3.63, 3.8) is 0 Å². The fraction of sp³-hybridized carbons (Fsp3) is 0.545. The van der Waals surface area contributed by atoms with E-state index in [4.69, 9.17) is 5.73 Å². The van der Waals surface area contributed by atoms with Gasteiger partial charge in [0.2, 0.25) is 0 Å². The summed E-state index contributed by atoms with van der Waals surface area (Å²) in [4.78, 5) is 4.06. The first kappa shape index (κ1) is 10.0. The highest BCUT2D eigenvalue weighted by Gasteiger charge is 2.20. The second-order valence-corrected chi connectivity index (χ2v) is 3.20. The van der Waals surface area contributed by atoms with Crippen LogP contribution in [0.15, 0.2) is 12.3 Å². The molecule has 0 saturated heterocycles. The summed E-state index contributed by atoms with van der Waals surface area (Å²) in [5, 5.41) is 0. The molecule has 0 radical (unpaired) electrons. The number of nitrogens with two attached hydrogens (primary N) is 1. The van der Waals surface area contributed by atoms with Crippen LogP contribution in [0.25, 0.3) is 0 Å². The molecule has 1 atom stereocenters. The van der Waals surface area contributed by atoms with E-state index in [1.165, 1.54) is 17.5 Å². The third kappa shape index (κ3) is 1.82. The van der Waals surface area contributed by atoms with E-state index in [9.17, 15) is 0 Å². The first-order chi connectivity index (χ1) is 6.29. The molecule has 2 N–H and O–H groups in total. The molecule has 2 heteroatoms. The Hall–Kier alpha value is -1.05. The van der Waals surface area contributed by atoms with Crippen molar-refractivity contribution in [2.45, 2.75) is 39.5 Å². The lowest BCUT2D eigenvalue weighted by molar-refractivity contribution is 0.747. The molecule has 0 saturated carbocycles. The Kier molecular flexibility index (Phi) is 3.29. The zero-order valence-electron chi connectivity index (χ0n) is 8.67. The van der Waals surface area contributed by atoms with Gasteiger partial charge in [-0.25, -0.2) is 4.98 Å². The van der Waals surface area contributed by atoms with Crippen molar-refractivity contribution in [1.82, 2.24) is 4.98 Å². The summed E-state index contributed by atoms with van der Waals surface area (Å²) in [5.74, 6) is 1.40. The van der Waals surface area contributed by atoms with Crippen molar-refractivity contribution in [1.29, 1.82) is 0 Å². The normalized spacial score (nSPS) is 18.8. The topological polar surface area (TPSA) is 38.9 Å². The van der Waals surface area contributed by atoms with Gasteiger partial charge in [0.05, 0.1) is 0 Å². The molecule has 0 bridgehead atoms. The molecule has 0 fully saturated rings. The quantitative estimate of drug-likeness (QED) is 0.663. The van der Waals surface area contributed by atoms with Crippen LogP contribution in [-0.2, 0) is 6.42 Å². The van der Waals surface area contributed by atoms with Gasteiger partial charge < -0.3 is 5.73 Å². The highest BCUT2D eigenvalue weighted by Crippen LogP contribution is 2.34. The average Bonchev–Trinajstić information content (AvgIpc) is 2.53. The molecule has 1 unspecified atom stereocenters. The van der Waals surface area contributed by atoms with Gasteiger partial charge in [0.1, 0.15) is 5.82 Å². The van der Waals surface area contributed by atoms with E-state index in [2.05, 4.69) is 18.0 Å². The Morgan fingerprint density at radius 3 is 2.77 bits per heavy atom. The molecule has 1 aliphatic rings. The van der Waals surface area contributed by atoms with Gasteiger partial charge in [0.15, 0.2) is 0 Å². The first-order valence-corrected chi connectivity index (χ1v) is 5.02. The first-order valence-electron chi connectivity index (χ1n) is 5.02. The highest BCUT2D eigenvalue weighted by molar-refractivity contribution is 5.48. The van der Waals surface area contributed by atoms with E-state index in [0.29, 0.717) is 5.92 Å². The fourth-order valence-corrected chi connectivity index (χ4v) is 1.77. The van der Waals surface area contributed by atoms with Crippen molar-refractivity contribution in [3.8, 4) is 0 Å². The van der Waals surface area contributed by atoms with Crippen LogP contribution < -0.4 is 5.73 Å². The lowest BCUT2D eigenvalue weighted by Gasteiger charge is -2.03. The van der Waals surface area contributed by atoms with Crippen LogP contribution in [0.2, 0.25) is 0 Å². The maximum atomic E-state index is 5.72. The second kappa shape index (κ2) is 4.26. The number of aromatic nitrogens is 1. The molecule has 2 nitrogen and oxygen atoms in total. The Balaban J connectivity index is 0.000000396. The fourth-order valence-electron chi connectivity index (χ4n) is 1.77. The van der Waals surface area contributed by atoms with E-state index < -0.39 is 0 Å². The number of hydrogen-bond donors (Lipinski definition) is 1. The number of nitrogen functional groups attached to an aromatic ring is 1. The van der Waals surface area contributed by atoms with Crippen LogP contribution in [-0.4, -0.2) is 4.98 Å². The van der Waals surface area contributed by atoms with Gasteiger partial charge in [0, 0.05) is 6.20 Å². The van der Waals surface area contributed by atoms with E-state index in [1.807, 2.05) is 13.8 Å². The van der Waals surface area contributed by atoms with Crippen molar-refractivity contribution in [2.75, 3.05) is 5.73 Å². The van der Waals surface area contributed by atoms with Gasteiger partial charge in [-0.2, -0.15) is 0 Å². The lowest BCUT2D eigenvalue weighted by atomic mass is 10.1. The van der Waals surface area contributed by atoms with E-state index in [0.717, 1.165) is 12.2 Å². The Morgan fingerprint density at radius 1 is 1.46 bits per heavy atom. The zero-order valence-corrected chi connectivity index (χ0v) is 8.67. The summed E-state index contributed by atoms with van der Waals surface area (Å²) in [6.07, 6.45) is 4.14. The number of fused-ring (bicyclic) bond motifs is 1. The van der Waals surface area contributed by atoms with Gasteiger partial charge in [0.25, 0.3) is 0 Å². The third-order valence-electron chi connectivity index (χ3n) is 2.48. The van der Waals surface area contributed by atoms with E-state index in [-0.39, 0.29) is 0 Å². The molecule has 1 heterocycles. The molecule has 2 rings (SSSR count). The van der Waals surface area contributed by atoms with E-state index >= 15 is 0 Å². The molecule has 0 amide bonds. The van der Waals surface area contributed by atoms with Crippen molar-refractivity contribution in [2.24, 2.45) is 0 Å². The van der Waals surface area contributed by atoms with E-state index in [1.54, 1.807) is 6.20 Å². The minimum atomic E-state index is 0.676. The van der Waals surface area contributed by atoms with Crippen LogP contribution in [0.4, 0.5) is 5.82 Å². The highest BCUT2D eigenvalue weighted by atomic mass is 14.8. The van der Waals surface area contributed by atoms with Crippen LogP contribution >= 0.6 is 0 Å². The van der Waals surface area contributed by atoms with Gasteiger partial charge >= 0.3 is 0 Å². The minimum Gasteiger partial charge on any atom is -0.383 e. The molecule has 1 aromatic rings. The number of hydrogen-bond acceptors (Lipinski definition) is 2. The van der Waals surface area contributed by atoms with Gasteiger partial charge in [-0.1, -0.05) is 20.8 Å². The molecular weight excluding hydrogens is 160 g/mol. The van der Waals surface area contributed by atoms with Crippen LogP contribution in [0.5, 0.6) is 0 Å². The largest absolute Gasteiger partial charge is 0.383 e. The summed E-state index contributed by atoms with van der Waals surface area (Å²) in [5.41, 5.74) is 8.40. The third-order valence-corrected chi connectivity index (χ3v) is 2.48. The van der Waals surface area contributed by atoms with Gasteiger partial charge in [-0.05, 0) is 36.0 Å². The number of rotatable bonds is 0. The molecule has 0 aliphatic heterocycles. The Morgan fingerprint density at radius 2 is 2.15 bits per heavy atom. The van der Waals surface area contributed by atoms with Crippen LogP contribution in [0, 0.1) is 0 Å². The number of pyridine rings is 1. The maximum absolute atomic E-state index is 5.72. The second-order valence-electron chi connectivity index (χ2n) is 3.20. The summed E-state index contributed by atoms with van der Waals surface area (Å²) >= 11 is 0. The van der Waals surface area contributed by atoms with Gasteiger partial charge in [-0.15, -0.1) is 0 Å². The van der Waals surface area contributed by atoms with Crippen molar-refractivity contribution < 1.29 is 0 Å². The molecular formula is C11H18N2. The standard InChI is InChI=1S/C9H12N2.C2H6/c1-6-2-3-8-7(6)4-5-11-9(8)10;1-2/h4-6H,2-3H2,1H3,(H2,10,11);1-2H3. The molecule has 0 spiro atoms. The number of anilines is 1. The van der Waals surface area contributed by atoms with Crippen molar-refractivity contribution in [3.05, 3.63) is 23.4 Å². The molecule has 1 aliphatic carbocycles. The summed E-state index contributed by atoms with van der Waals surface area (Å²) in [6, 6.07) is 2.09. The minimum absolute atomic E-state index is 0.676. The predicted molar refractivity (Wildman–Crippen MR) is 56.7 cm³/mol. The van der Waals surface area contributed by atoms with Crippen LogP contribution in [0.1, 0.15) is 44.2 Å². The smallest absolute Gasteiger partial charge is 0.126 e. The lowest BCUT2D eigenvalue weighted by Crippen LogP contribution is -1.96. The maximum Gasteiger partial charge on any atom is 0.126 e.